The van der Waals surface area contributed by atoms with Crippen molar-refractivity contribution in [3.05, 3.63) is 24.3 Å². The van der Waals surface area contributed by atoms with E-state index in [4.69, 9.17) is 0 Å². The first-order valence-electron chi connectivity index (χ1n) is 3.16. The number of alkyl halides is 1. The van der Waals surface area contributed by atoms with E-state index in [0.717, 1.165) is 10.1 Å². The lowest BCUT2D eigenvalue weighted by Crippen LogP contribution is -1.97. The van der Waals surface area contributed by atoms with E-state index in [1.54, 1.807) is 12.5 Å². The van der Waals surface area contributed by atoms with Crippen LogP contribution >= 0.6 is 22.6 Å². The summed E-state index contributed by atoms with van der Waals surface area (Å²) in [5, 5.41) is 0. The highest BCUT2D eigenvalue weighted by molar-refractivity contribution is 14.1. The average molecular weight is 248 g/mol. The van der Waals surface area contributed by atoms with Gasteiger partial charge in [-0.15, -0.1) is 0 Å². The van der Waals surface area contributed by atoms with Gasteiger partial charge in [-0.05, 0) is 6.07 Å². The van der Waals surface area contributed by atoms with Crippen molar-refractivity contribution < 1.29 is 0 Å². The number of hydrogen-bond acceptors (Lipinski definition) is 2. The predicted molar refractivity (Wildman–Crippen MR) is 49.3 cm³/mol. The van der Waals surface area contributed by atoms with Crippen LogP contribution in [0.15, 0.2) is 18.6 Å². The van der Waals surface area contributed by atoms with E-state index in [-0.39, 0.29) is 0 Å². The Morgan fingerprint density at radius 2 is 2.50 bits per heavy atom. The highest BCUT2D eigenvalue weighted by Gasteiger charge is 2.02. The number of hydrogen-bond donors (Lipinski definition) is 0. The summed E-state index contributed by atoms with van der Waals surface area (Å²) in [6.45, 7) is 2.16. The van der Waals surface area contributed by atoms with Crippen LogP contribution in [0.3, 0.4) is 0 Å². The fraction of sp³-hybridized carbons (Fsp3) is 0.429. The summed E-state index contributed by atoms with van der Waals surface area (Å²) in [5.41, 5.74) is 1.13. The third-order valence-electron chi connectivity index (χ3n) is 1.34. The van der Waals surface area contributed by atoms with E-state index < -0.39 is 0 Å². The lowest BCUT2D eigenvalue weighted by atomic mass is 10.1. The van der Waals surface area contributed by atoms with E-state index in [1.165, 1.54) is 0 Å². The van der Waals surface area contributed by atoms with Gasteiger partial charge in [0.1, 0.15) is 6.33 Å². The van der Waals surface area contributed by atoms with Crippen molar-refractivity contribution in [2.75, 3.05) is 4.43 Å². The highest BCUT2D eigenvalue weighted by atomic mass is 127. The third kappa shape index (κ3) is 1.90. The van der Waals surface area contributed by atoms with Crippen LogP contribution in [0.5, 0.6) is 0 Å². The summed E-state index contributed by atoms with van der Waals surface area (Å²) in [6, 6.07) is 1.96. The molecule has 0 bridgehead atoms. The Balaban J connectivity index is 2.75. The zero-order chi connectivity index (χ0) is 7.40. The second kappa shape index (κ2) is 3.85. The van der Waals surface area contributed by atoms with E-state index in [0.29, 0.717) is 5.92 Å². The zero-order valence-corrected chi connectivity index (χ0v) is 7.95. The van der Waals surface area contributed by atoms with Gasteiger partial charge in [-0.1, -0.05) is 29.5 Å². The summed E-state index contributed by atoms with van der Waals surface area (Å²) in [7, 11) is 0. The molecule has 0 aliphatic rings. The quantitative estimate of drug-likeness (QED) is 0.591. The van der Waals surface area contributed by atoms with Crippen LogP contribution in [-0.4, -0.2) is 14.4 Å². The second-order valence-corrected chi connectivity index (χ2v) is 3.07. The van der Waals surface area contributed by atoms with Gasteiger partial charge in [0.25, 0.3) is 0 Å². The standard InChI is InChI=1S/C7H9IN2/c1-6(4-8)7-2-3-9-5-10-7/h2-3,5-6H,4H2,1H3. The van der Waals surface area contributed by atoms with Crippen LogP contribution in [-0.2, 0) is 0 Å². The maximum absolute atomic E-state index is 4.13. The molecule has 0 radical (unpaired) electrons. The molecule has 1 atom stereocenters. The number of aromatic nitrogens is 2. The molecule has 0 aliphatic heterocycles. The summed E-state index contributed by atoms with van der Waals surface area (Å²) < 4.78 is 1.11. The molecule has 2 nitrogen and oxygen atoms in total. The fourth-order valence-corrected chi connectivity index (χ4v) is 1.12. The van der Waals surface area contributed by atoms with Crippen LogP contribution in [0.4, 0.5) is 0 Å². The van der Waals surface area contributed by atoms with Crippen molar-refractivity contribution in [2.45, 2.75) is 12.8 Å². The molecule has 54 valence electrons. The molecular weight excluding hydrogens is 239 g/mol. The molecule has 1 rings (SSSR count). The van der Waals surface area contributed by atoms with E-state index in [1.807, 2.05) is 6.07 Å². The molecule has 1 unspecified atom stereocenters. The number of rotatable bonds is 2. The van der Waals surface area contributed by atoms with Gasteiger partial charge in [0.05, 0.1) is 0 Å². The van der Waals surface area contributed by atoms with E-state index >= 15 is 0 Å². The van der Waals surface area contributed by atoms with Gasteiger partial charge in [-0.2, -0.15) is 0 Å². The summed E-state index contributed by atoms with van der Waals surface area (Å²) in [5.74, 6) is 0.545. The Bertz CT molecular complexity index is 188. The van der Waals surface area contributed by atoms with Gasteiger partial charge >= 0.3 is 0 Å². The van der Waals surface area contributed by atoms with Gasteiger partial charge in [0.15, 0.2) is 0 Å². The molecule has 3 heteroatoms. The first-order valence-corrected chi connectivity index (χ1v) is 4.69. The molecule has 1 aromatic rings. The average Bonchev–Trinajstić information content (AvgIpc) is 2.05. The minimum Gasteiger partial charge on any atom is -0.245 e. The zero-order valence-electron chi connectivity index (χ0n) is 5.79. The number of nitrogens with zero attached hydrogens (tertiary/aromatic N) is 2. The minimum absolute atomic E-state index is 0.545. The Morgan fingerprint density at radius 3 is 3.00 bits per heavy atom. The molecule has 1 aromatic heterocycles. The normalized spacial score (nSPS) is 13.0. The van der Waals surface area contributed by atoms with E-state index in [9.17, 15) is 0 Å². The van der Waals surface area contributed by atoms with E-state index in [2.05, 4.69) is 39.5 Å². The molecule has 0 spiro atoms. The van der Waals surface area contributed by atoms with Crippen molar-refractivity contribution in [3.8, 4) is 0 Å². The molecule has 1 heterocycles. The monoisotopic (exact) mass is 248 g/mol. The Morgan fingerprint density at radius 1 is 1.70 bits per heavy atom. The van der Waals surface area contributed by atoms with Crippen LogP contribution < -0.4 is 0 Å². The summed E-state index contributed by atoms with van der Waals surface area (Å²) in [6.07, 6.45) is 3.38. The smallest absolute Gasteiger partial charge is 0.115 e. The molecule has 0 amide bonds. The lowest BCUT2D eigenvalue weighted by Gasteiger charge is -2.03. The highest BCUT2D eigenvalue weighted by Crippen LogP contribution is 2.12. The molecule has 0 N–H and O–H groups in total. The molecular formula is C7H9IN2. The van der Waals surface area contributed by atoms with Crippen LogP contribution in [0.25, 0.3) is 0 Å². The maximum atomic E-state index is 4.13. The maximum Gasteiger partial charge on any atom is 0.115 e. The van der Waals surface area contributed by atoms with Crippen molar-refractivity contribution in [2.24, 2.45) is 0 Å². The van der Waals surface area contributed by atoms with Crippen molar-refractivity contribution >= 4 is 22.6 Å². The third-order valence-corrected chi connectivity index (χ3v) is 2.66. The van der Waals surface area contributed by atoms with Crippen molar-refractivity contribution in [3.63, 3.8) is 0 Å². The minimum atomic E-state index is 0.545. The summed E-state index contributed by atoms with van der Waals surface area (Å²) in [4.78, 5) is 7.98. The lowest BCUT2D eigenvalue weighted by molar-refractivity contribution is 0.837. The first-order chi connectivity index (χ1) is 4.84. The van der Waals surface area contributed by atoms with Crippen LogP contribution in [0.1, 0.15) is 18.5 Å². The molecule has 0 saturated carbocycles. The molecule has 0 aromatic carbocycles. The molecule has 0 saturated heterocycles. The topological polar surface area (TPSA) is 25.8 Å². The van der Waals surface area contributed by atoms with Crippen LogP contribution in [0.2, 0.25) is 0 Å². The van der Waals surface area contributed by atoms with Gasteiger partial charge in [-0.3, -0.25) is 0 Å². The second-order valence-electron chi connectivity index (χ2n) is 2.19. The fourth-order valence-electron chi connectivity index (χ4n) is 0.671. The van der Waals surface area contributed by atoms with Gasteiger partial charge in [0, 0.05) is 22.2 Å². The van der Waals surface area contributed by atoms with Crippen molar-refractivity contribution in [1.82, 2.24) is 9.97 Å². The Labute approximate surface area is 74.2 Å². The van der Waals surface area contributed by atoms with Gasteiger partial charge < -0.3 is 0 Å². The van der Waals surface area contributed by atoms with Gasteiger partial charge in [0.2, 0.25) is 0 Å². The van der Waals surface area contributed by atoms with Crippen molar-refractivity contribution in [1.29, 1.82) is 0 Å². The Hall–Kier alpha value is -0.190. The Kier molecular flexibility index (Phi) is 3.05. The molecule has 10 heavy (non-hydrogen) atoms. The predicted octanol–water partition coefficient (Wildman–Crippen LogP) is 2.02. The molecule has 0 aliphatic carbocycles. The largest absolute Gasteiger partial charge is 0.245 e. The SMILES string of the molecule is CC(CI)c1ccncn1. The molecule has 0 fully saturated rings. The first kappa shape index (κ1) is 7.91. The number of halogens is 1. The summed E-state index contributed by atoms with van der Waals surface area (Å²) >= 11 is 2.36. The van der Waals surface area contributed by atoms with Gasteiger partial charge in [-0.25, -0.2) is 9.97 Å². The van der Waals surface area contributed by atoms with Crippen LogP contribution in [0, 0.1) is 0 Å².